The highest BCUT2D eigenvalue weighted by Crippen LogP contribution is 2.20. The van der Waals surface area contributed by atoms with Gasteiger partial charge in [0.2, 0.25) is 10.0 Å². The van der Waals surface area contributed by atoms with Crippen molar-refractivity contribution >= 4 is 21.7 Å². The van der Waals surface area contributed by atoms with E-state index in [1.165, 1.54) is 19.1 Å². The Labute approximate surface area is 159 Å². The molecule has 2 rings (SSSR count). The molecule has 0 bridgehead atoms. The monoisotopic (exact) mass is 391 g/mol. The van der Waals surface area contributed by atoms with Crippen LogP contribution < -0.4 is 10.0 Å². The van der Waals surface area contributed by atoms with Crippen molar-refractivity contribution in [2.45, 2.75) is 39.0 Å². The van der Waals surface area contributed by atoms with Gasteiger partial charge in [-0.2, -0.15) is 0 Å². The first-order valence-electron chi connectivity index (χ1n) is 8.74. The summed E-state index contributed by atoms with van der Waals surface area (Å²) >= 11 is 0. The molecular formula is C19H25N3O4S. The molecule has 1 aromatic heterocycles. The number of Topliss-reactive ketones (excluding diaryl/α,β-unsaturated/α-hetero) is 1. The number of carbonyl (C=O) groups is 2. The van der Waals surface area contributed by atoms with Crippen molar-refractivity contribution in [3.8, 4) is 0 Å². The average Bonchev–Trinajstić information content (AvgIpc) is 2.95. The van der Waals surface area contributed by atoms with Gasteiger partial charge in [-0.05, 0) is 44.9 Å². The molecule has 0 radical (unpaired) electrons. The van der Waals surface area contributed by atoms with E-state index in [2.05, 4.69) is 15.0 Å². The number of nitrogens with one attached hydrogen (secondary N) is 3. The zero-order valence-electron chi connectivity index (χ0n) is 16.0. The molecule has 146 valence electrons. The summed E-state index contributed by atoms with van der Waals surface area (Å²) in [4.78, 5) is 27.3. The molecule has 1 heterocycles. The van der Waals surface area contributed by atoms with Gasteiger partial charge >= 0.3 is 0 Å². The van der Waals surface area contributed by atoms with Crippen molar-refractivity contribution in [2.24, 2.45) is 0 Å². The lowest BCUT2D eigenvalue weighted by atomic mass is 10.0. The first-order chi connectivity index (χ1) is 12.7. The Morgan fingerprint density at radius 1 is 1.07 bits per heavy atom. The molecule has 27 heavy (non-hydrogen) atoms. The van der Waals surface area contributed by atoms with Gasteiger partial charge in [0.15, 0.2) is 5.78 Å². The summed E-state index contributed by atoms with van der Waals surface area (Å²) in [5.41, 5.74) is 3.20. The van der Waals surface area contributed by atoms with Gasteiger partial charge in [-0.25, -0.2) is 13.1 Å². The summed E-state index contributed by atoms with van der Waals surface area (Å²) < 4.78 is 26.9. The van der Waals surface area contributed by atoms with E-state index in [1.54, 1.807) is 19.1 Å². The molecule has 0 saturated heterocycles. The minimum atomic E-state index is -3.62. The summed E-state index contributed by atoms with van der Waals surface area (Å²) in [5.74, 6) is -0.456. The van der Waals surface area contributed by atoms with Gasteiger partial charge in [0.05, 0.1) is 4.90 Å². The number of aromatic amines is 1. The lowest BCUT2D eigenvalue weighted by molar-refractivity contribution is 0.0948. The molecule has 0 atom stereocenters. The number of carbonyl (C=O) groups excluding carboxylic acids is 2. The van der Waals surface area contributed by atoms with Crippen molar-refractivity contribution in [1.82, 2.24) is 15.0 Å². The largest absolute Gasteiger partial charge is 0.354 e. The quantitative estimate of drug-likeness (QED) is 0.473. The van der Waals surface area contributed by atoms with Crippen LogP contribution in [0.2, 0.25) is 0 Å². The highest BCUT2D eigenvalue weighted by atomic mass is 32.2. The first kappa shape index (κ1) is 20.9. The third-order valence-corrected chi connectivity index (χ3v) is 5.73. The fourth-order valence-corrected chi connectivity index (χ4v) is 3.98. The SMILES string of the molecule is CCc1c(C(=O)NCCNS(=O)(=O)c2ccc(C)cc2)[nH]c(C)c1C(C)=O. The van der Waals surface area contributed by atoms with Crippen LogP contribution in [-0.4, -0.2) is 38.2 Å². The molecule has 1 aromatic carbocycles. The number of sulfonamides is 1. The van der Waals surface area contributed by atoms with Gasteiger partial charge in [0.1, 0.15) is 5.69 Å². The first-order valence-corrected chi connectivity index (χ1v) is 10.2. The molecule has 0 saturated carbocycles. The molecule has 2 aromatic rings. The van der Waals surface area contributed by atoms with Crippen LogP contribution in [0.3, 0.4) is 0 Å². The smallest absolute Gasteiger partial charge is 0.268 e. The van der Waals surface area contributed by atoms with Gasteiger partial charge in [-0.1, -0.05) is 24.6 Å². The zero-order chi connectivity index (χ0) is 20.2. The van der Waals surface area contributed by atoms with Crippen LogP contribution in [0.15, 0.2) is 29.2 Å². The van der Waals surface area contributed by atoms with Crippen LogP contribution in [0, 0.1) is 13.8 Å². The van der Waals surface area contributed by atoms with Gasteiger partial charge in [0, 0.05) is 24.3 Å². The molecule has 3 N–H and O–H groups in total. The Hall–Kier alpha value is -2.45. The standard InChI is InChI=1S/C19H25N3O4S/c1-5-16-17(14(4)23)13(3)22-18(16)19(24)20-10-11-21-27(25,26)15-8-6-12(2)7-9-15/h6-9,21-22H,5,10-11H2,1-4H3,(H,20,24). The van der Waals surface area contributed by atoms with Gasteiger partial charge in [-0.3, -0.25) is 9.59 Å². The Balaban J connectivity index is 1.98. The highest BCUT2D eigenvalue weighted by molar-refractivity contribution is 7.89. The molecule has 7 nitrogen and oxygen atoms in total. The normalized spacial score (nSPS) is 11.4. The molecule has 8 heteroatoms. The molecule has 0 fully saturated rings. The van der Waals surface area contributed by atoms with Crippen LogP contribution in [0.25, 0.3) is 0 Å². The lowest BCUT2D eigenvalue weighted by Crippen LogP contribution is -2.35. The number of amides is 1. The number of rotatable bonds is 8. The third kappa shape index (κ3) is 4.84. The molecule has 0 spiro atoms. The lowest BCUT2D eigenvalue weighted by Gasteiger charge is -2.09. The molecule has 0 unspecified atom stereocenters. The van der Waals surface area contributed by atoms with Crippen molar-refractivity contribution in [2.75, 3.05) is 13.1 Å². The maximum absolute atomic E-state index is 12.4. The van der Waals surface area contributed by atoms with Gasteiger partial charge in [-0.15, -0.1) is 0 Å². The van der Waals surface area contributed by atoms with E-state index in [4.69, 9.17) is 0 Å². The predicted molar refractivity (Wildman–Crippen MR) is 104 cm³/mol. The fourth-order valence-electron chi connectivity index (χ4n) is 2.95. The number of H-pyrrole nitrogens is 1. The number of benzene rings is 1. The third-order valence-electron chi connectivity index (χ3n) is 4.26. The van der Waals surface area contributed by atoms with Crippen molar-refractivity contribution in [3.05, 3.63) is 52.3 Å². The second-order valence-corrected chi connectivity index (χ2v) is 8.12. The van der Waals surface area contributed by atoms with E-state index in [-0.39, 0.29) is 29.7 Å². The molecule has 0 aliphatic heterocycles. The minimum Gasteiger partial charge on any atom is -0.354 e. The summed E-state index contributed by atoms with van der Waals surface area (Å²) in [6.07, 6.45) is 0.544. The van der Waals surface area contributed by atoms with E-state index in [0.717, 1.165) is 5.56 Å². The van der Waals surface area contributed by atoms with E-state index in [9.17, 15) is 18.0 Å². The molecule has 0 aliphatic rings. The van der Waals surface area contributed by atoms with E-state index >= 15 is 0 Å². The van der Waals surface area contributed by atoms with E-state index in [1.807, 2.05) is 13.8 Å². The number of ketones is 1. The summed E-state index contributed by atoms with van der Waals surface area (Å²) in [6, 6.07) is 6.52. The zero-order valence-corrected chi connectivity index (χ0v) is 16.8. The van der Waals surface area contributed by atoms with E-state index in [0.29, 0.717) is 28.9 Å². The Morgan fingerprint density at radius 3 is 2.26 bits per heavy atom. The topological polar surface area (TPSA) is 108 Å². The Bertz CT molecular complexity index is 944. The van der Waals surface area contributed by atoms with E-state index < -0.39 is 10.0 Å². The molecular weight excluding hydrogens is 366 g/mol. The summed E-state index contributed by atoms with van der Waals surface area (Å²) in [5, 5.41) is 2.68. The number of hydrogen-bond donors (Lipinski definition) is 3. The Morgan fingerprint density at radius 2 is 1.70 bits per heavy atom. The molecule has 0 aliphatic carbocycles. The van der Waals surface area contributed by atoms with Crippen LogP contribution >= 0.6 is 0 Å². The maximum Gasteiger partial charge on any atom is 0.268 e. The highest BCUT2D eigenvalue weighted by Gasteiger charge is 2.21. The predicted octanol–water partition coefficient (Wildman–Crippen LogP) is 2.10. The Kier molecular flexibility index (Phi) is 6.56. The number of aryl methyl sites for hydroxylation is 2. The van der Waals surface area contributed by atoms with Crippen molar-refractivity contribution in [1.29, 1.82) is 0 Å². The summed E-state index contributed by atoms with van der Waals surface area (Å²) in [7, 11) is -3.62. The average molecular weight is 391 g/mol. The maximum atomic E-state index is 12.4. The fraction of sp³-hybridized carbons (Fsp3) is 0.368. The second kappa shape index (κ2) is 8.49. The number of aromatic nitrogens is 1. The van der Waals surface area contributed by atoms with Crippen LogP contribution in [0.1, 0.15) is 51.5 Å². The molecule has 1 amide bonds. The van der Waals surface area contributed by atoms with Gasteiger partial charge < -0.3 is 10.3 Å². The number of hydrogen-bond acceptors (Lipinski definition) is 4. The van der Waals surface area contributed by atoms with Crippen LogP contribution in [0.4, 0.5) is 0 Å². The van der Waals surface area contributed by atoms with Crippen LogP contribution in [0.5, 0.6) is 0 Å². The second-order valence-electron chi connectivity index (χ2n) is 6.36. The van der Waals surface area contributed by atoms with Crippen LogP contribution in [-0.2, 0) is 16.4 Å². The minimum absolute atomic E-state index is 0.0582. The van der Waals surface area contributed by atoms with Crippen molar-refractivity contribution in [3.63, 3.8) is 0 Å². The van der Waals surface area contributed by atoms with Gasteiger partial charge in [0.25, 0.3) is 5.91 Å². The van der Waals surface area contributed by atoms with Crippen molar-refractivity contribution < 1.29 is 18.0 Å². The summed E-state index contributed by atoms with van der Waals surface area (Å²) in [6.45, 7) is 7.16.